The van der Waals surface area contributed by atoms with E-state index in [0.717, 1.165) is 5.56 Å². The van der Waals surface area contributed by atoms with Crippen molar-refractivity contribution in [1.82, 2.24) is 0 Å². The number of amides is 1. The smallest absolute Gasteiger partial charge is 0.412 e. The Morgan fingerprint density at radius 2 is 2.10 bits per heavy atom. The summed E-state index contributed by atoms with van der Waals surface area (Å²) in [7, 11) is 1.58. The molecular weight excluding hydrogens is 256 g/mol. The van der Waals surface area contributed by atoms with Crippen LogP contribution in [0.15, 0.2) is 24.3 Å². The van der Waals surface area contributed by atoms with Gasteiger partial charge < -0.3 is 15.2 Å². The molecule has 0 atom stereocenters. The first-order valence-corrected chi connectivity index (χ1v) is 6.40. The molecule has 0 radical (unpaired) electrons. The molecule has 0 fully saturated rings. The molecule has 1 amide bonds. The Kier molecular flexibility index (Phi) is 5.58. The lowest BCUT2D eigenvalue weighted by Crippen LogP contribution is -2.27. The van der Waals surface area contributed by atoms with Gasteiger partial charge in [-0.2, -0.15) is 0 Å². The van der Waals surface area contributed by atoms with E-state index in [1.165, 1.54) is 0 Å². The lowest BCUT2D eigenvalue weighted by molar-refractivity contribution is 0.0636. The van der Waals surface area contributed by atoms with Gasteiger partial charge in [0.15, 0.2) is 0 Å². The van der Waals surface area contributed by atoms with Gasteiger partial charge in [0.1, 0.15) is 11.4 Å². The Balaban J connectivity index is 2.83. The van der Waals surface area contributed by atoms with Gasteiger partial charge in [0.05, 0.1) is 7.11 Å². The van der Waals surface area contributed by atoms with Crippen molar-refractivity contribution in [3.05, 3.63) is 29.8 Å². The van der Waals surface area contributed by atoms with Crippen molar-refractivity contribution < 1.29 is 14.3 Å². The summed E-state index contributed by atoms with van der Waals surface area (Å²) in [6.45, 7) is 5.90. The molecule has 110 valence electrons. The van der Waals surface area contributed by atoms with Gasteiger partial charge in [-0.25, -0.2) is 4.79 Å². The second-order valence-electron chi connectivity index (χ2n) is 5.22. The first-order valence-electron chi connectivity index (χ1n) is 6.40. The van der Waals surface area contributed by atoms with Crippen LogP contribution in [0, 0.1) is 0 Å². The van der Waals surface area contributed by atoms with E-state index in [0.29, 0.717) is 18.0 Å². The van der Waals surface area contributed by atoms with Crippen LogP contribution in [-0.2, 0) is 4.74 Å². The molecule has 0 aliphatic carbocycles. The topological polar surface area (TPSA) is 73.6 Å². The Hall–Kier alpha value is -2.01. The van der Waals surface area contributed by atoms with Crippen molar-refractivity contribution in [2.75, 3.05) is 19.0 Å². The summed E-state index contributed by atoms with van der Waals surface area (Å²) in [5.41, 5.74) is 6.40. The number of carbonyl (C=O) groups excluding carboxylic acids is 1. The highest BCUT2D eigenvalue weighted by Gasteiger charge is 2.16. The molecule has 0 saturated heterocycles. The highest BCUT2D eigenvalue weighted by Crippen LogP contribution is 2.24. The summed E-state index contributed by atoms with van der Waals surface area (Å²) < 4.78 is 10.5. The van der Waals surface area contributed by atoms with Crippen LogP contribution in [0.1, 0.15) is 26.3 Å². The van der Waals surface area contributed by atoms with Gasteiger partial charge >= 0.3 is 6.09 Å². The van der Waals surface area contributed by atoms with Crippen LogP contribution in [0.4, 0.5) is 10.5 Å². The summed E-state index contributed by atoms with van der Waals surface area (Å²) in [4.78, 5) is 11.7. The van der Waals surface area contributed by atoms with Crippen LogP contribution in [0.5, 0.6) is 5.75 Å². The van der Waals surface area contributed by atoms with E-state index >= 15 is 0 Å². The molecule has 0 aromatic heterocycles. The average molecular weight is 278 g/mol. The normalized spacial score (nSPS) is 11.4. The Morgan fingerprint density at radius 3 is 2.65 bits per heavy atom. The lowest BCUT2D eigenvalue weighted by Gasteiger charge is -2.20. The van der Waals surface area contributed by atoms with E-state index < -0.39 is 11.7 Å². The molecule has 0 aliphatic heterocycles. The van der Waals surface area contributed by atoms with Crippen LogP contribution in [-0.4, -0.2) is 25.3 Å². The first kappa shape index (κ1) is 16.0. The predicted octanol–water partition coefficient (Wildman–Crippen LogP) is 3.01. The molecule has 0 spiro atoms. The number of methoxy groups -OCH3 is 1. The zero-order chi connectivity index (χ0) is 15.2. The third-order valence-electron chi connectivity index (χ3n) is 2.31. The molecule has 5 nitrogen and oxygen atoms in total. The molecule has 1 aromatic carbocycles. The molecule has 0 bridgehead atoms. The molecule has 0 saturated carbocycles. The summed E-state index contributed by atoms with van der Waals surface area (Å²) in [5, 5.41) is 2.67. The van der Waals surface area contributed by atoms with Crippen molar-refractivity contribution in [2.24, 2.45) is 5.73 Å². The van der Waals surface area contributed by atoms with Crippen LogP contribution in [0.2, 0.25) is 0 Å². The van der Waals surface area contributed by atoms with Gasteiger partial charge in [-0.1, -0.05) is 12.2 Å². The second-order valence-corrected chi connectivity index (χ2v) is 5.22. The van der Waals surface area contributed by atoms with E-state index in [1.54, 1.807) is 19.2 Å². The number of ether oxygens (including phenoxy) is 2. The SMILES string of the molecule is COc1cc(NC(=O)OC(C)(C)C)ccc1/C=C/CN. The maximum atomic E-state index is 11.7. The van der Waals surface area contributed by atoms with Gasteiger partial charge in [0, 0.05) is 23.9 Å². The standard InChI is InChI=1S/C15H22N2O3/c1-15(2,3)20-14(18)17-12-8-7-11(6-5-9-16)13(10-12)19-4/h5-8,10H,9,16H2,1-4H3,(H,17,18)/b6-5+. The predicted molar refractivity (Wildman–Crippen MR) is 80.9 cm³/mol. The van der Waals surface area contributed by atoms with E-state index in [9.17, 15) is 4.79 Å². The number of nitrogens with one attached hydrogen (secondary N) is 1. The minimum atomic E-state index is -0.530. The molecule has 1 aromatic rings. The number of hydrogen-bond acceptors (Lipinski definition) is 4. The minimum Gasteiger partial charge on any atom is -0.496 e. The van der Waals surface area contributed by atoms with E-state index in [-0.39, 0.29) is 0 Å². The number of anilines is 1. The summed E-state index contributed by atoms with van der Waals surface area (Å²) in [6.07, 6.45) is 3.21. The second kappa shape index (κ2) is 6.96. The van der Waals surface area contributed by atoms with Crippen molar-refractivity contribution in [3.8, 4) is 5.75 Å². The summed E-state index contributed by atoms with van der Waals surface area (Å²) in [6, 6.07) is 5.36. The first-order chi connectivity index (χ1) is 9.35. The summed E-state index contributed by atoms with van der Waals surface area (Å²) in [5.74, 6) is 0.656. The number of benzene rings is 1. The number of hydrogen-bond donors (Lipinski definition) is 2. The van der Waals surface area contributed by atoms with Crippen LogP contribution in [0.25, 0.3) is 6.08 Å². The fourth-order valence-corrected chi connectivity index (χ4v) is 1.54. The monoisotopic (exact) mass is 278 g/mol. The van der Waals surface area contributed by atoms with Crippen LogP contribution >= 0.6 is 0 Å². The molecule has 0 heterocycles. The van der Waals surface area contributed by atoms with Gasteiger partial charge in [-0.3, -0.25) is 5.32 Å². The van der Waals surface area contributed by atoms with Crippen LogP contribution < -0.4 is 15.8 Å². The fraction of sp³-hybridized carbons (Fsp3) is 0.400. The van der Waals surface area contributed by atoms with Gasteiger partial charge in [0.2, 0.25) is 0 Å². The number of carbonyl (C=O) groups is 1. The fourth-order valence-electron chi connectivity index (χ4n) is 1.54. The maximum Gasteiger partial charge on any atom is 0.412 e. The van der Waals surface area contributed by atoms with E-state index in [4.69, 9.17) is 15.2 Å². The Bertz CT molecular complexity index is 490. The highest BCUT2D eigenvalue weighted by atomic mass is 16.6. The molecule has 0 unspecified atom stereocenters. The molecule has 0 aliphatic rings. The number of nitrogens with two attached hydrogens (primary N) is 1. The molecule has 5 heteroatoms. The maximum absolute atomic E-state index is 11.7. The minimum absolute atomic E-state index is 0.459. The number of rotatable bonds is 4. The Labute approximate surface area is 119 Å². The van der Waals surface area contributed by atoms with Crippen molar-refractivity contribution >= 4 is 17.9 Å². The van der Waals surface area contributed by atoms with Crippen molar-refractivity contribution in [1.29, 1.82) is 0 Å². The lowest BCUT2D eigenvalue weighted by atomic mass is 10.1. The molecule has 20 heavy (non-hydrogen) atoms. The molecule has 3 N–H and O–H groups in total. The largest absolute Gasteiger partial charge is 0.496 e. The van der Waals surface area contributed by atoms with E-state index in [1.807, 2.05) is 39.0 Å². The quantitative estimate of drug-likeness (QED) is 0.888. The zero-order valence-corrected chi connectivity index (χ0v) is 12.4. The highest BCUT2D eigenvalue weighted by molar-refractivity contribution is 5.85. The summed E-state index contributed by atoms with van der Waals surface area (Å²) >= 11 is 0. The zero-order valence-electron chi connectivity index (χ0n) is 12.4. The van der Waals surface area contributed by atoms with Crippen LogP contribution in [0.3, 0.4) is 0 Å². The third kappa shape index (κ3) is 5.32. The van der Waals surface area contributed by atoms with Gasteiger partial charge in [0.25, 0.3) is 0 Å². The van der Waals surface area contributed by atoms with Crippen molar-refractivity contribution in [3.63, 3.8) is 0 Å². The molecular formula is C15H22N2O3. The third-order valence-corrected chi connectivity index (χ3v) is 2.31. The van der Waals surface area contributed by atoms with Crippen molar-refractivity contribution in [2.45, 2.75) is 26.4 Å². The van der Waals surface area contributed by atoms with Gasteiger partial charge in [-0.05, 0) is 32.9 Å². The van der Waals surface area contributed by atoms with Gasteiger partial charge in [-0.15, -0.1) is 0 Å². The average Bonchev–Trinajstić information content (AvgIpc) is 2.34. The Morgan fingerprint density at radius 1 is 1.40 bits per heavy atom. The van der Waals surface area contributed by atoms with E-state index in [2.05, 4.69) is 5.32 Å². The molecule has 1 rings (SSSR count).